The molecule has 1 aromatic rings. The molecule has 8 heteroatoms. The standard InChI is InChI=1S/C11H15N3O5/c1-2-5-3-14(11(18)13-9(5)12)10-8(17)7(16)6(4-15)19-10/h2-3,6-8,10,15-17H,1,4H2,(H2,12,13,18)/t6-,7-,8+,10-/m1/s1. The van der Waals surface area contributed by atoms with Crippen molar-refractivity contribution in [1.29, 1.82) is 0 Å². The molecule has 1 fully saturated rings. The third-order valence-electron chi connectivity index (χ3n) is 3.02. The molecule has 4 atom stereocenters. The molecule has 1 aliphatic heterocycles. The fraction of sp³-hybridized carbons (Fsp3) is 0.455. The first-order chi connectivity index (χ1) is 8.99. The van der Waals surface area contributed by atoms with Gasteiger partial charge in [0, 0.05) is 11.8 Å². The van der Waals surface area contributed by atoms with Crippen LogP contribution in [0.3, 0.4) is 0 Å². The van der Waals surface area contributed by atoms with E-state index in [1.165, 1.54) is 12.3 Å². The van der Waals surface area contributed by atoms with Crippen LogP contribution in [-0.4, -0.2) is 49.8 Å². The highest BCUT2D eigenvalue weighted by molar-refractivity contribution is 5.57. The van der Waals surface area contributed by atoms with E-state index < -0.39 is 36.8 Å². The normalized spacial score (nSPS) is 30.5. The van der Waals surface area contributed by atoms with Crippen molar-refractivity contribution in [3.05, 3.63) is 28.8 Å². The second kappa shape index (κ2) is 5.10. The lowest BCUT2D eigenvalue weighted by Crippen LogP contribution is -2.36. The van der Waals surface area contributed by atoms with Crippen molar-refractivity contribution in [2.75, 3.05) is 12.3 Å². The zero-order chi connectivity index (χ0) is 14.2. The van der Waals surface area contributed by atoms with Crippen molar-refractivity contribution in [2.24, 2.45) is 0 Å². The van der Waals surface area contributed by atoms with Crippen molar-refractivity contribution in [3.8, 4) is 0 Å². The Bertz CT molecular complexity index is 544. The number of hydrogen-bond acceptors (Lipinski definition) is 7. The van der Waals surface area contributed by atoms with Crippen LogP contribution in [0.5, 0.6) is 0 Å². The van der Waals surface area contributed by atoms with E-state index in [1.807, 2.05) is 0 Å². The number of aliphatic hydroxyl groups is 3. The van der Waals surface area contributed by atoms with E-state index in [2.05, 4.69) is 11.6 Å². The van der Waals surface area contributed by atoms with Gasteiger partial charge in [-0.1, -0.05) is 12.7 Å². The molecule has 2 heterocycles. The minimum atomic E-state index is -1.35. The Morgan fingerprint density at radius 1 is 1.53 bits per heavy atom. The average molecular weight is 269 g/mol. The Hall–Kier alpha value is -1.74. The fourth-order valence-corrected chi connectivity index (χ4v) is 1.95. The van der Waals surface area contributed by atoms with Crippen molar-refractivity contribution >= 4 is 11.9 Å². The Balaban J connectivity index is 2.43. The van der Waals surface area contributed by atoms with Crippen LogP contribution >= 0.6 is 0 Å². The summed E-state index contributed by atoms with van der Waals surface area (Å²) < 4.78 is 6.25. The van der Waals surface area contributed by atoms with Crippen LogP contribution in [0.1, 0.15) is 11.8 Å². The maximum Gasteiger partial charge on any atom is 0.351 e. The molecule has 1 saturated heterocycles. The summed E-state index contributed by atoms with van der Waals surface area (Å²) in [5, 5.41) is 28.5. The van der Waals surface area contributed by atoms with E-state index >= 15 is 0 Å². The fourth-order valence-electron chi connectivity index (χ4n) is 1.95. The number of nitrogens with zero attached hydrogens (tertiary/aromatic N) is 2. The second-order valence-electron chi connectivity index (χ2n) is 4.20. The lowest BCUT2D eigenvalue weighted by atomic mass is 10.1. The van der Waals surface area contributed by atoms with Crippen LogP contribution in [-0.2, 0) is 4.74 Å². The van der Waals surface area contributed by atoms with Crippen LogP contribution in [0, 0.1) is 0 Å². The van der Waals surface area contributed by atoms with Gasteiger partial charge in [-0.05, 0) is 0 Å². The van der Waals surface area contributed by atoms with E-state index in [0.717, 1.165) is 4.57 Å². The molecular formula is C11H15N3O5. The summed E-state index contributed by atoms with van der Waals surface area (Å²) in [4.78, 5) is 15.3. The summed E-state index contributed by atoms with van der Waals surface area (Å²) in [5.41, 5.74) is 5.20. The first kappa shape index (κ1) is 13.7. The van der Waals surface area contributed by atoms with Gasteiger partial charge in [-0.25, -0.2) is 4.79 Å². The average Bonchev–Trinajstić information content (AvgIpc) is 2.67. The number of rotatable bonds is 3. The summed E-state index contributed by atoms with van der Waals surface area (Å²) in [6.07, 6.45) is -2.00. The molecule has 8 nitrogen and oxygen atoms in total. The van der Waals surface area contributed by atoms with Gasteiger partial charge >= 0.3 is 5.69 Å². The highest BCUT2D eigenvalue weighted by Gasteiger charge is 2.43. The van der Waals surface area contributed by atoms with Crippen molar-refractivity contribution in [2.45, 2.75) is 24.5 Å². The largest absolute Gasteiger partial charge is 0.394 e. The highest BCUT2D eigenvalue weighted by atomic mass is 16.6. The van der Waals surface area contributed by atoms with Crippen LogP contribution < -0.4 is 11.4 Å². The summed E-state index contributed by atoms with van der Waals surface area (Å²) in [6.45, 7) is 3.05. The Labute approximate surface area is 108 Å². The van der Waals surface area contributed by atoms with Crippen LogP contribution in [0.2, 0.25) is 0 Å². The molecule has 0 aliphatic carbocycles. The third kappa shape index (κ3) is 2.26. The predicted molar refractivity (Wildman–Crippen MR) is 66.0 cm³/mol. The molecule has 0 bridgehead atoms. The second-order valence-corrected chi connectivity index (χ2v) is 4.20. The van der Waals surface area contributed by atoms with Crippen LogP contribution in [0.25, 0.3) is 6.08 Å². The summed E-state index contributed by atoms with van der Waals surface area (Å²) in [6, 6.07) is 0. The molecule has 0 spiro atoms. The van der Waals surface area contributed by atoms with Gasteiger partial charge < -0.3 is 25.8 Å². The van der Waals surface area contributed by atoms with Crippen molar-refractivity contribution in [3.63, 3.8) is 0 Å². The topological polar surface area (TPSA) is 131 Å². The van der Waals surface area contributed by atoms with Crippen LogP contribution in [0.4, 0.5) is 5.82 Å². The minimum Gasteiger partial charge on any atom is -0.394 e. The van der Waals surface area contributed by atoms with E-state index in [-0.39, 0.29) is 5.82 Å². The molecular weight excluding hydrogens is 254 g/mol. The lowest BCUT2D eigenvalue weighted by Gasteiger charge is -2.17. The molecule has 0 saturated carbocycles. The SMILES string of the molecule is C=Cc1cn([C@@H]2O[C@H](CO)[C@@H](O)[C@@H]2O)c(=O)nc1N. The smallest absolute Gasteiger partial charge is 0.351 e. The molecule has 0 radical (unpaired) electrons. The number of aromatic nitrogens is 2. The monoisotopic (exact) mass is 269 g/mol. The van der Waals surface area contributed by atoms with Crippen LogP contribution in [0.15, 0.2) is 17.6 Å². The molecule has 0 unspecified atom stereocenters. The molecule has 104 valence electrons. The van der Waals surface area contributed by atoms with E-state index in [0.29, 0.717) is 5.56 Å². The van der Waals surface area contributed by atoms with E-state index in [9.17, 15) is 15.0 Å². The van der Waals surface area contributed by atoms with Gasteiger partial charge in [0.2, 0.25) is 0 Å². The van der Waals surface area contributed by atoms with Crippen molar-refractivity contribution in [1.82, 2.24) is 9.55 Å². The van der Waals surface area contributed by atoms with Gasteiger partial charge in [-0.3, -0.25) is 4.57 Å². The predicted octanol–water partition coefficient (Wildman–Crippen LogP) is -1.92. The summed E-state index contributed by atoms with van der Waals surface area (Å²) in [5.74, 6) is 0.0167. The Kier molecular flexibility index (Phi) is 3.67. The minimum absolute atomic E-state index is 0.0167. The Morgan fingerprint density at radius 2 is 2.21 bits per heavy atom. The number of nitrogen functional groups attached to an aromatic ring is 1. The number of aliphatic hydroxyl groups excluding tert-OH is 3. The van der Waals surface area contributed by atoms with E-state index in [1.54, 1.807) is 0 Å². The number of nitrogens with two attached hydrogens (primary N) is 1. The quantitative estimate of drug-likeness (QED) is 0.503. The molecule has 5 N–H and O–H groups in total. The molecule has 1 aliphatic rings. The molecule has 2 rings (SSSR count). The summed E-state index contributed by atoms with van der Waals surface area (Å²) >= 11 is 0. The molecule has 1 aromatic heterocycles. The van der Waals surface area contributed by atoms with Gasteiger partial charge in [0.15, 0.2) is 6.23 Å². The van der Waals surface area contributed by atoms with E-state index in [4.69, 9.17) is 15.6 Å². The van der Waals surface area contributed by atoms with Gasteiger partial charge in [-0.15, -0.1) is 0 Å². The third-order valence-corrected chi connectivity index (χ3v) is 3.02. The maximum atomic E-state index is 11.7. The first-order valence-corrected chi connectivity index (χ1v) is 5.63. The number of ether oxygens (including phenoxy) is 1. The first-order valence-electron chi connectivity index (χ1n) is 5.63. The molecule has 0 amide bonds. The zero-order valence-corrected chi connectivity index (χ0v) is 10.0. The van der Waals surface area contributed by atoms with Gasteiger partial charge in [0.25, 0.3) is 0 Å². The molecule has 19 heavy (non-hydrogen) atoms. The maximum absolute atomic E-state index is 11.7. The Morgan fingerprint density at radius 3 is 2.74 bits per heavy atom. The zero-order valence-electron chi connectivity index (χ0n) is 10.0. The highest BCUT2D eigenvalue weighted by Crippen LogP contribution is 2.28. The molecule has 0 aromatic carbocycles. The van der Waals surface area contributed by atoms with Gasteiger partial charge in [-0.2, -0.15) is 4.98 Å². The van der Waals surface area contributed by atoms with Gasteiger partial charge in [0.1, 0.15) is 24.1 Å². The summed E-state index contributed by atoms with van der Waals surface area (Å²) in [7, 11) is 0. The van der Waals surface area contributed by atoms with Gasteiger partial charge in [0.05, 0.1) is 6.61 Å². The number of anilines is 1. The number of hydrogen-bond donors (Lipinski definition) is 4. The van der Waals surface area contributed by atoms with Crippen molar-refractivity contribution < 1.29 is 20.1 Å². The lowest BCUT2D eigenvalue weighted by molar-refractivity contribution is -0.0549.